The molecule has 0 radical (unpaired) electrons. The van der Waals surface area contributed by atoms with Gasteiger partial charge in [0.05, 0.1) is 5.92 Å². The average Bonchev–Trinajstić information content (AvgIpc) is 2.58. The third-order valence-corrected chi connectivity index (χ3v) is 4.27. The molecule has 3 N–H and O–H groups in total. The first kappa shape index (κ1) is 21.1. The summed E-state index contributed by atoms with van der Waals surface area (Å²) < 4.78 is 13.3. The molecule has 2 aromatic carbocycles. The molecular formula is C20H26ClFN2O. The molecule has 2 aromatic rings. The van der Waals surface area contributed by atoms with Crippen LogP contribution < -0.4 is 11.1 Å². The summed E-state index contributed by atoms with van der Waals surface area (Å²) in [6, 6.07) is 14.0. The number of halogens is 2. The van der Waals surface area contributed by atoms with Gasteiger partial charge in [-0.1, -0.05) is 50.2 Å². The summed E-state index contributed by atoms with van der Waals surface area (Å²) in [7, 11) is 0. The highest BCUT2D eigenvalue weighted by Crippen LogP contribution is 2.19. The topological polar surface area (TPSA) is 55.1 Å². The molecule has 25 heavy (non-hydrogen) atoms. The van der Waals surface area contributed by atoms with E-state index in [0.29, 0.717) is 18.0 Å². The third-order valence-electron chi connectivity index (χ3n) is 4.27. The van der Waals surface area contributed by atoms with Gasteiger partial charge in [-0.2, -0.15) is 0 Å². The van der Waals surface area contributed by atoms with Crippen LogP contribution in [0.2, 0.25) is 0 Å². The Bertz CT molecular complexity index is 688. The van der Waals surface area contributed by atoms with Crippen LogP contribution in [-0.2, 0) is 4.79 Å². The van der Waals surface area contributed by atoms with Crippen LogP contribution in [0.5, 0.6) is 0 Å². The highest BCUT2D eigenvalue weighted by Gasteiger charge is 2.17. The van der Waals surface area contributed by atoms with Crippen LogP contribution in [0.3, 0.4) is 0 Å². The molecular weight excluding hydrogens is 339 g/mol. The molecule has 3 nitrogen and oxygen atoms in total. The normalized spacial score (nSPS) is 13.0. The second-order valence-electron chi connectivity index (χ2n) is 6.45. The Morgan fingerprint density at radius 2 is 1.64 bits per heavy atom. The Balaban J connectivity index is 0.00000312. The molecule has 0 saturated heterocycles. The first-order chi connectivity index (χ1) is 11.4. The van der Waals surface area contributed by atoms with Gasteiger partial charge in [0.25, 0.3) is 0 Å². The maximum absolute atomic E-state index is 13.3. The first-order valence-corrected chi connectivity index (χ1v) is 8.27. The van der Waals surface area contributed by atoms with Gasteiger partial charge < -0.3 is 11.1 Å². The molecule has 0 heterocycles. The smallest absolute Gasteiger partial charge is 0.227 e. The van der Waals surface area contributed by atoms with E-state index < -0.39 is 5.92 Å². The van der Waals surface area contributed by atoms with Gasteiger partial charge in [0.15, 0.2) is 0 Å². The number of nitrogens with one attached hydrogen (secondary N) is 1. The molecule has 2 rings (SSSR count). The predicted molar refractivity (Wildman–Crippen MR) is 103 cm³/mol. The molecule has 2 atom stereocenters. The average molecular weight is 365 g/mol. The fourth-order valence-electron chi connectivity index (χ4n) is 2.54. The van der Waals surface area contributed by atoms with Gasteiger partial charge in [0.1, 0.15) is 5.82 Å². The summed E-state index contributed by atoms with van der Waals surface area (Å²) in [6.07, 6.45) is 0. The molecule has 0 aliphatic carbocycles. The fourth-order valence-corrected chi connectivity index (χ4v) is 2.54. The summed E-state index contributed by atoms with van der Waals surface area (Å²) >= 11 is 0. The van der Waals surface area contributed by atoms with Gasteiger partial charge in [-0.25, -0.2) is 4.39 Å². The van der Waals surface area contributed by atoms with E-state index in [9.17, 15) is 9.18 Å². The molecule has 0 saturated carbocycles. The number of nitrogens with two attached hydrogens (primary N) is 1. The molecule has 0 bridgehead atoms. The van der Waals surface area contributed by atoms with Crippen LogP contribution in [0.4, 0.5) is 4.39 Å². The zero-order chi connectivity index (χ0) is 17.7. The first-order valence-electron chi connectivity index (χ1n) is 8.27. The van der Waals surface area contributed by atoms with Crippen molar-refractivity contribution in [2.45, 2.75) is 38.6 Å². The monoisotopic (exact) mass is 364 g/mol. The number of hydrogen-bond donors (Lipinski definition) is 2. The molecule has 136 valence electrons. The Hall–Kier alpha value is -1.91. The standard InChI is InChI=1S/C20H25FN2O.ClH/c1-13(2)15-7-9-16(10-8-15)19(22)12-23-20(24)14(3)17-5-4-6-18(21)11-17;/h4-11,13-14,19H,12,22H2,1-3H3,(H,23,24);1H. The maximum Gasteiger partial charge on any atom is 0.227 e. The minimum Gasteiger partial charge on any atom is -0.354 e. The summed E-state index contributed by atoms with van der Waals surface area (Å²) in [5.41, 5.74) is 9.06. The van der Waals surface area contributed by atoms with Crippen LogP contribution in [0.25, 0.3) is 0 Å². The molecule has 5 heteroatoms. The van der Waals surface area contributed by atoms with Crippen molar-refractivity contribution in [2.24, 2.45) is 5.73 Å². The lowest BCUT2D eigenvalue weighted by atomic mass is 9.98. The van der Waals surface area contributed by atoms with Crippen LogP contribution >= 0.6 is 12.4 Å². The Kier molecular flexibility index (Phi) is 8.07. The third kappa shape index (κ3) is 5.83. The van der Waals surface area contributed by atoms with E-state index in [1.165, 1.54) is 17.7 Å². The highest BCUT2D eigenvalue weighted by atomic mass is 35.5. The number of benzene rings is 2. The van der Waals surface area contributed by atoms with Crippen molar-refractivity contribution in [2.75, 3.05) is 6.54 Å². The quantitative estimate of drug-likeness (QED) is 0.803. The minimum atomic E-state index is -0.420. The van der Waals surface area contributed by atoms with Gasteiger partial charge in [-0.15, -0.1) is 12.4 Å². The molecule has 0 aromatic heterocycles. The van der Waals surface area contributed by atoms with E-state index >= 15 is 0 Å². The Labute approximate surface area is 155 Å². The van der Waals surface area contributed by atoms with Crippen molar-refractivity contribution in [3.05, 3.63) is 71.0 Å². The summed E-state index contributed by atoms with van der Waals surface area (Å²) in [6.45, 7) is 6.39. The number of carbonyl (C=O) groups is 1. The van der Waals surface area contributed by atoms with Gasteiger partial charge in [0, 0.05) is 12.6 Å². The van der Waals surface area contributed by atoms with Crippen LogP contribution in [0, 0.1) is 5.82 Å². The Morgan fingerprint density at radius 3 is 2.20 bits per heavy atom. The number of hydrogen-bond acceptors (Lipinski definition) is 2. The van der Waals surface area contributed by atoms with E-state index in [1.807, 2.05) is 12.1 Å². The molecule has 0 aliphatic heterocycles. The number of rotatable bonds is 6. The molecule has 0 fully saturated rings. The van der Waals surface area contributed by atoms with Crippen molar-refractivity contribution in [1.29, 1.82) is 0 Å². The SMILES string of the molecule is CC(C)c1ccc(C(N)CNC(=O)C(C)c2cccc(F)c2)cc1.Cl. The minimum absolute atomic E-state index is 0. The van der Waals surface area contributed by atoms with E-state index in [4.69, 9.17) is 5.73 Å². The summed E-state index contributed by atoms with van der Waals surface area (Å²) in [5.74, 6) is -0.442. The lowest BCUT2D eigenvalue weighted by Gasteiger charge is -2.17. The van der Waals surface area contributed by atoms with Crippen LogP contribution in [-0.4, -0.2) is 12.5 Å². The second kappa shape index (κ2) is 9.54. The largest absolute Gasteiger partial charge is 0.354 e. The van der Waals surface area contributed by atoms with Crippen molar-refractivity contribution >= 4 is 18.3 Å². The van der Waals surface area contributed by atoms with E-state index in [1.54, 1.807) is 19.1 Å². The number of carbonyl (C=O) groups excluding carboxylic acids is 1. The molecule has 0 aliphatic rings. The number of amides is 1. The van der Waals surface area contributed by atoms with E-state index in [2.05, 4.69) is 31.3 Å². The van der Waals surface area contributed by atoms with Gasteiger partial charge in [0.2, 0.25) is 5.91 Å². The fraction of sp³-hybridized carbons (Fsp3) is 0.350. The van der Waals surface area contributed by atoms with Crippen molar-refractivity contribution in [3.8, 4) is 0 Å². The zero-order valence-electron chi connectivity index (χ0n) is 14.8. The summed E-state index contributed by atoms with van der Waals surface area (Å²) in [5, 5.41) is 2.85. The zero-order valence-corrected chi connectivity index (χ0v) is 15.6. The maximum atomic E-state index is 13.3. The molecule has 1 amide bonds. The summed E-state index contributed by atoms with van der Waals surface area (Å²) in [4.78, 5) is 12.2. The molecule has 2 unspecified atom stereocenters. The van der Waals surface area contributed by atoms with Crippen LogP contribution in [0.15, 0.2) is 48.5 Å². The van der Waals surface area contributed by atoms with Crippen molar-refractivity contribution < 1.29 is 9.18 Å². The predicted octanol–water partition coefficient (Wildman–Crippen LogP) is 4.29. The van der Waals surface area contributed by atoms with Gasteiger partial charge in [-0.05, 0) is 41.7 Å². The molecule has 0 spiro atoms. The van der Waals surface area contributed by atoms with Gasteiger partial charge in [-0.3, -0.25) is 4.79 Å². The van der Waals surface area contributed by atoms with Crippen molar-refractivity contribution in [1.82, 2.24) is 5.32 Å². The highest BCUT2D eigenvalue weighted by molar-refractivity contribution is 5.85. The lowest BCUT2D eigenvalue weighted by Crippen LogP contribution is -2.34. The van der Waals surface area contributed by atoms with Crippen LogP contribution in [0.1, 0.15) is 55.3 Å². The van der Waals surface area contributed by atoms with E-state index in [-0.39, 0.29) is 30.2 Å². The lowest BCUT2D eigenvalue weighted by molar-refractivity contribution is -0.122. The van der Waals surface area contributed by atoms with Crippen molar-refractivity contribution in [3.63, 3.8) is 0 Å². The Morgan fingerprint density at radius 1 is 1.04 bits per heavy atom. The van der Waals surface area contributed by atoms with Gasteiger partial charge >= 0.3 is 0 Å². The van der Waals surface area contributed by atoms with E-state index in [0.717, 1.165) is 5.56 Å². The second-order valence-corrected chi connectivity index (χ2v) is 6.45.